The maximum Gasteiger partial charge on any atom is 0.245 e. The van der Waals surface area contributed by atoms with Gasteiger partial charge in [-0.05, 0) is 18.6 Å². The van der Waals surface area contributed by atoms with Gasteiger partial charge in [0.05, 0.1) is 13.2 Å². The molecule has 1 aromatic rings. The van der Waals surface area contributed by atoms with Gasteiger partial charge in [-0.3, -0.25) is 4.79 Å². The lowest BCUT2D eigenvalue weighted by Crippen LogP contribution is -2.54. The Hall–Kier alpha value is -1.33. The van der Waals surface area contributed by atoms with Crippen LogP contribution < -0.4 is 10.2 Å². The fourth-order valence-corrected chi connectivity index (χ4v) is 2.23. The van der Waals surface area contributed by atoms with Crippen molar-refractivity contribution >= 4 is 23.2 Å². The number of nitrogens with zero attached hydrogens (tertiary/aromatic N) is 2. The van der Waals surface area contributed by atoms with Crippen LogP contribution in [0.4, 0.5) is 5.69 Å². The summed E-state index contributed by atoms with van der Waals surface area (Å²) in [7, 11) is 0. The molecule has 1 unspecified atom stereocenters. The zero-order valence-corrected chi connectivity index (χ0v) is 11.7. The number of hydrogen-bond donors (Lipinski definition) is 1. The molecule has 19 heavy (non-hydrogen) atoms. The topological polar surface area (TPSA) is 54.5 Å². The summed E-state index contributed by atoms with van der Waals surface area (Å²) in [4.78, 5) is 18.1. The van der Waals surface area contributed by atoms with E-state index in [1.54, 1.807) is 12.3 Å². The van der Waals surface area contributed by atoms with E-state index in [0.717, 1.165) is 12.1 Å². The molecule has 104 valence electrons. The molecule has 6 heteroatoms. The molecule has 1 aliphatic rings. The largest absolute Gasteiger partial charge is 0.377 e. The number of rotatable bonds is 4. The van der Waals surface area contributed by atoms with Crippen molar-refractivity contribution in [3.63, 3.8) is 0 Å². The van der Waals surface area contributed by atoms with Crippen LogP contribution in [0.1, 0.15) is 13.3 Å². The number of halogens is 1. The van der Waals surface area contributed by atoms with Crippen molar-refractivity contribution in [2.24, 2.45) is 0 Å². The van der Waals surface area contributed by atoms with Crippen LogP contribution in [-0.2, 0) is 9.53 Å². The molecule has 5 nitrogen and oxygen atoms in total. The molecular formula is C13H18ClN3O2. The third-order valence-electron chi connectivity index (χ3n) is 3.02. The van der Waals surface area contributed by atoms with Crippen LogP contribution >= 0.6 is 11.6 Å². The van der Waals surface area contributed by atoms with Crippen molar-refractivity contribution in [3.8, 4) is 0 Å². The highest BCUT2D eigenvalue weighted by Gasteiger charge is 2.29. The van der Waals surface area contributed by atoms with E-state index >= 15 is 0 Å². The fraction of sp³-hybridized carbons (Fsp3) is 0.538. The molecule has 1 N–H and O–H groups in total. The molecular weight excluding hydrogens is 266 g/mol. The molecule has 1 atom stereocenters. The Labute approximate surface area is 117 Å². The summed E-state index contributed by atoms with van der Waals surface area (Å²) in [5.74, 6) is -0.00511. The molecule has 0 spiro atoms. The van der Waals surface area contributed by atoms with Gasteiger partial charge >= 0.3 is 0 Å². The molecule has 2 rings (SSSR count). The molecule has 1 aromatic heterocycles. The van der Waals surface area contributed by atoms with E-state index in [2.05, 4.69) is 10.3 Å². The highest BCUT2D eigenvalue weighted by molar-refractivity contribution is 6.29. The van der Waals surface area contributed by atoms with Crippen molar-refractivity contribution in [2.75, 3.05) is 31.2 Å². The molecule has 1 aliphatic heterocycles. The molecule has 1 saturated heterocycles. The predicted octanol–water partition coefficient (Wildman–Crippen LogP) is 1.47. The number of morpholine rings is 1. The molecule has 1 fully saturated rings. The van der Waals surface area contributed by atoms with E-state index in [1.165, 1.54) is 0 Å². The maximum atomic E-state index is 12.1. The van der Waals surface area contributed by atoms with Crippen LogP contribution in [0.15, 0.2) is 18.3 Å². The molecule has 0 saturated carbocycles. The fourth-order valence-electron chi connectivity index (χ4n) is 2.07. The Bertz CT molecular complexity index is 442. The van der Waals surface area contributed by atoms with Crippen LogP contribution in [0.5, 0.6) is 0 Å². The average Bonchev–Trinajstić information content (AvgIpc) is 2.45. The van der Waals surface area contributed by atoms with E-state index in [1.807, 2.05) is 17.9 Å². The number of hydrogen-bond acceptors (Lipinski definition) is 4. The Morgan fingerprint density at radius 3 is 3.26 bits per heavy atom. The maximum absolute atomic E-state index is 12.1. The van der Waals surface area contributed by atoms with E-state index in [-0.39, 0.29) is 11.9 Å². The summed E-state index contributed by atoms with van der Waals surface area (Å²) in [6, 6.07) is 3.32. The predicted molar refractivity (Wildman–Crippen MR) is 74.5 cm³/mol. The highest BCUT2D eigenvalue weighted by atomic mass is 35.5. The summed E-state index contributed by atoms with van der Waals surface area (Å²) >= 11 is 5.91. The second kappa shape index (κ2) is 6.73. The third kappa shape index (κ3) is 3.58. The van der Waals surface area contributed by atoms with Crippen LogP contribution in [0.2, 0.25) is 5.15 Å². The van der Waals surface area contributed by atoms with Gasteiger partial charge < -0.3 is 15.0 Å². The van der Waals surface area contributed by atoms with Crippen molar-refractivity contribution < 1.29 is 9.53 Å². The van der Waals surface area contributed by atoms with E-state index < -0.39 is 0 Å². The standard InChI is InChI=1S/C13H18ClN3O2/c1-2-4-16-13(18)11-9-19-7-6-17(11)10-3-5-15-12(14)8-10/h3,5,8,11H,2,4,6-7,9H2,1H3,(H,16,18). The molecule has 0 aromatic carbocycles. The first-order valence-electron chi connectivity index (χ1n) is 6.46. The normalized spacial score (nSPS) is 19.3. The summed E-state index contributed by atoms with van der Waals surface area (Å²) < 4.78 is 5.41. The Morgan fingerprint density at radius 2 is 2.53 bits per heavy atom. The van der Waals surface area contributed by atoms with Gasteiger partial charge in [0, 0.05) is 25.0 Å². The number of carbonyl (C=O) groups is 1. The van der Waals surface area contributed by atoms with Crippen LogP contribution in [-0.4, -0.2) is 43.2 Å². The molecule has 2 heterocycles. The Kier molecular flexibility index (Phi) is 4.99. The van der Waals surface area contributed by atoms with Gasteiger partial charge in [-0.1, -0.05) is 18.5 Å². The second-order valence-electron chi connectivity index (χ2n) is 4.41. The van der Waals surface area contributed by atoms with Gasteiger partial charge in [0.1, 0.15) is 11.2 Å². The minimum Gasteiger partial charge on any atom is -0.377 e. The number of carbonyl (C=O) groups excluding carboxylic acids is 1. The summed E-state index contributed by atoms with van der Waals surface area (Å²) in [6.07, 6.45) is 2.56. The van der Waals surface area contributed by atoms with Gasteiger partial charge in [0.15, 0.2) is 0 Å². The molecule has 0 aliphatic carbocycles. The van der Waals surface area contributed by atoms with Gasteiger partial charge in [-0.15, -0.1) is 0 Å². The number of ether oxygens (including phenoxy) is 1. The van der Waals surface area contributed by atoms with E-state index in [9.17, 15) is 4.79 Å². The molecule has 0 radical (unpaired) electrons. The second-order valence-corrected chi connectivity index (χ2v) is 4.80. The zero-order valence-electron chi connectivity index (χ0n) is 10.9. The molecule has 1 amide bonds. The van der Waals surface area contributed by atoms with Crippen LogP contribution in [0.25, 0.3) is 0 Å². The number of anilines is 1. The number of amides is 1. The monoisotopic (exact) mass is 283 g/mol. The third-order valence-corrected chi connectivity index (χ3v) is 3.23. The van der Waals surface area contributed by atoms with Crippen molar-refractivity contribution in [2.45, 2.75) is 19.4 Å². The van der Waals surface area contributed by atoms with Gasteiger partial charge in [-0.2, -0.15) is 0 Å². The van der Waals surface area contributed by atoms with Crippen molar-refractivity contribution in [1.82, 2.24) is 10.3 Å². The quantitative estimate of drug-likeness (QED) is 0.850. The first-order chi connectivity index (χ1) is 9.22. The SMILES string of the molecule is CCCNC(=O)C1COCCN1c1ccnc(Cl)c1. The summed E-state index contributed by atoms with van der Waals surface area (Å²) in [6.45, 7) is 4.38. The van der Waals surface area contributed by atoms with E-state index in [4.69, 9.17) is 16.3 Å². The number of aromatic nitrogens is 1. The lowest BCUT2D eigenvalue weighted by Gasteiger charge is -2.36. The summed E-state index contributed by atoms with van der Waals surface area (Å²) in [5, 5.41) is 3.33. The lowest BCUT2D eigenvalue weighted by atomic mass is 10.2. The minimum atomic E-state index is -0.307. The smallest absolute Gasteiger partial charge is 0.245 e. The summed E-state index contributed by atoms with van der Waals surface area (Å²) in [5.41, 5.74) is 0.903. The molecule has 0 bridgehead atoms. The Balaban J connectivity index is 2.13. The number of nitrogens with one attached hydrogen (secondary N) is 1. The van der Waals surface area contributed by atoms with Gasteiger partial charge in [0.2, 0.25) is 5.91 Å². The van der Waals surface area contributed by atoms with Crippen molar-refractivity contribution in [3.05, 3.63) is 23.5 Å². The van der Waals surface area contributed by atoms with Crippen LogP contribution in [0.3, 0.4) is 0 Å². The first kappa shape index (κ1) is 14.1. The highest BCUT2D eigenvalue weighted by Crippen LogP contribution is 2.21. The van der Waals surface area contributed by atoms with E-state index in [0.29, 0.717) is 31.5 Å². The minimum absolute atomic E-state index is 0.00511. The van der Waals surface area contributed by atoms with Crippen LogP contribution in [0, 0.1) is 0 Å². The number of pyridine rings is 1. The first-order valence-corrected chi connectivity index (χ1v) is 6.84. The van der Waals surface area contributed by atoms with Gasteiger partial charge in [-0.25, -0.2) is 4.98 Å². The van der Waals surface area contributed by atoms with Gasteiger partial charge in [0.25, 0.3) is 0 Å². The Morgan fingerprint density at radius 1 is 1.68 bits per heavy atom. The zero-order chi connectivity index (χ0) is 13.7. The lowest BCUT2D eigenvalue weighted by molar-refractivity contribution is -0.124. The average molecular weight is 284 g/mol. The van der Waals surface area contributed by atoms with Crippen molar-refractivity contribution in [1.29, 1.82) is 0 Å².